The molecule has 3 N–H and O–H groups in total. The standard InChI is InChI=1S/C17H28N2O/c1-12(2)20-17-11-15(9-10-16(17)18)19-13(3)14-7-5-4-6-8-14/h9-14,19H,4-8,18H2,1-3H3. The monoisotopic (exact) mass is 276 g/mol. The van der Waals surface area contributed by atoms with Crippen LogP contribution in [0.15, 0.2) is 18.2 Å². The van der Waals surface area contributed by atoms with Gasteiger partial charge in [-0.15, -0.1) is 0 Å². The van der Waals surface area contributed by atoms with E-state index in [2.05, 4.69) is 12.2 Å². The van der Waals surface area contributed by atoms with Crippen molar-refractivity contribution >= 4 is 11.4 Å². The van der Waals surface area contributed by atoms with Gasteiger partial charge in [0.1, 0.15) is 5.75 Å². The largest absolute Gasteiger partial charge is 0.489 e. The van der Waals surface area contributed by atoms with Crippen LogP contribution in [0.5, 0.6) is 5.75 Å². The summed E-state index contributed by atoms with van der Waals surface area (Å²) in [5.74, 6) is 1.57. The van der Waals surface area contributed by atoms with Gasteiger partial charge >= 0.3 is 0 Å². The maximum Gasteiger partial charge on any atom is 0.144 e. The summed E-state index contributed by atoms with van der Waals surface area (Å²) in [5, 5.41) is 3.62. The van der Waals surface area contributed by atoms with Crippen molar-refractivity contribution in [2.75, 3.05) is 11.1 Å². The van der Waals surface area contributed by atoms with E-state index in [4.69, 9.17) is 10.5 Å². The molecule has 0 aliphatic heterocycles. The number of nitrogens with two attached hydrogens (primary N) is 1. The fourth-order valence-corrected chi connectivity index (χ4v) is 3.00. The highest BCUT2D eigenvalue weighted by Gasteiger charge is 2.20. The average Bonchev–Trinajstić information content (AvgIpc) is 2.43. The van der Waals surface area contributed by atoms with Crippen molar-refractivity contribution < 1.29 is 4.74 Å². The van der Waals surface area contributed by atoms with E-state index in [9.17, 15) is 0 Å². The summed E-state index contributed by atoms with van der Waals surface area (Å²) < 4.78 is 5.75. The first-order valence-corrected chi connectivity index (χ1v) is 7.89. The predicted octanol–water partition coefficient (Wildman–Crippen LogP) is 4.44. The summed E-state index contributed by atoms with van der Waals surface area (Å²) in [6, 6.07) is 6.50. The molecule has 112 valence electrons. The minimum Gasteiger partial charge on any atom is -0.489 e. The van der Waals surface area contributed by atoms with Crippen molar-refractivity contribution in [3.05, 3.63) is 18.2 Å². The van der Waals surface area contributed by atoms with Gasteiger partial charge in [0.05, 0.1) is 11.8 Å². The van der Waals surface area contributed by atoms with Crippen LogP contribution < -0.4 is 15.8 Å². The molecule has 0 aromatic heterocycles. The third kappa shape index (κ3) is 4.06. The van der Waals surface area contributed by atoms with Crippen molar-refractivity contribution in [2.24, 2.45) is 5.92 Å². The van der Waals surface area contributed by atoms with Crippen LogP contribution in [0.2, 0.25) is 0 Å². The quantitative estimate of drug-likeness (QED) is 0.782. The Hall–Kier alpha value is -1.38. The zero-order valence-corrected chi connectivity index (χ0v) is 13.0. The predicted molar refractivity (Wildman–Crippen MR) is 86.3 cm³/mol. The van der Waals surface area contributed by atoms with Crippen molar-refractivity contribution in [1.82, 2.24) is 0 Å². The Kier molecular flexibility index (Phi) is 5.16. The lowest BCUT2D eigenvalue weighted by molar-refractivity contribution is 0.244. The number of hydrogen-bond acceptors (Lipinski definition) is 3. The van der Waals surface area contributed by atoms with Crippen LogP contribution >= 0.6 is 0 Å². The molecule has 1 aliphatic rings. The van der Waals surface area contributed by atoms with E-state index >= 15 is 0 Å². The third-order valence-corrected chi connectivity index (χ3v) is 4.13. The highest BCUT2D eigenvalue weighted by Crippen LogP contribution is 2.30. The van der Waals surface area contributed by atoms with E-state index in [-0.39, 0.29) is 6.10 Å². The molecule has 1 aromatic carbocycles. The van der Waals surface area contributed by atoms with E-state index < -0.39 is 0 Å². The van der Waals surface area contributed by atoms with Crippen LogP contribution in [-0.2, 0) is 0 Å². The van der Waals surface area contributed by atoms with Gasteiger partial charge in [-0.3, -0.25) is 0 Å². The molecule has 0 heterocycles. The molecule has 1 saturated carbocycles. The molecule has 3 nitrogen and oxygen atoms in total. The number of rotatable bonds is 5. The summed E-state index contributed by atoms with van der Waals surface area (Å²) in [5.41, 5.74) is 7.77. The summed E-state index contributed by atoms with van der Waals surface area (Å²) in [4.78, 5) is 0. The zero-order valence-electron chi connectivity index (χ0n) is 13.0. The summed E-state index contributed by atoms with van der Waals surface area (Å²) in [6.45, 7) is 6.32. The summed E-state index contributed by atoms with van der Waals surface area (Å²) in [7, 11) is 0. The van der Waals surface area contributed by atoms with E-state index in [1.807, 2.05) is 32.0 Å². The van der Waals surface area contributed by atoms with Crippen molar-refractivity contribution in [3.8, 4) is 5.75 Å². The van der Waals surface area contributed by atoms with Crippen LogP contribution in [0.3, 0.4) is 0 Å². The summed E-state index contributed by atoms with van der Waals surface area (Å²) >= 11 is 0. The van der Waals surface area contributed by atoms with Gasteiger partial charge in [-0.2, -0.15) is 0 Å². The van der Waals surface area contributed by atoms with E-state index in [1.54, 1.807) is 0 Å². The lowest BCUT2D eigenvalue weighted by Crippen LogP contribution is -2.27. The molecule has 0 amide bonds. The molecule has 0 spiro atoms. The number of nitrogen functional groups attached to an aromatic ring is 1. The molecule has 0 saturated heterocycles. The number of anilines is 2. The van der Waals surface area contributed by atoms with E-state index in [1.165, 1.54) is 32.1 Å². The van der Waals surface area contributed by atoms with Gasteiger partial charge in [-0.1, -0.05) is 19.3 Å². The first-order valence-electron chi connectivity index (χ1n) is 7.89. The number of nitrogens with one attached hydrogen (secondary N) is 1. The second-order valence-corrected chi connectivity index (χ2v) is 6.25. The van der Waals surface area contributed by atoms with Crippen molar-refractivity contribution in [2.45, 2.75) is 65.0 Å². The Morgan fingerprint density at radius 1 is 1.15 bits per heavy atom. The van der Waals surface area contributed by atoms with Crippen LogP contribution in [0.1, 0.15) is 52.9 Å². The molecule has 2 rings (SSSR count). The molecule has 0 radical (unpaired) electrons. The molecular formula is C17H28N2O. The second kappa shape index (κ2) is 6.87. The van der Waals surface area contributed by atoms with Gasteiger partial charge < -0.3 is 15.8 Å². The lowest BCUT2D eigenvalue weighted by atomic mass is 9.84. The number of ether oxygens (including phenoxy) is 1. The Labute approximate surface area is 122 Å². The van der Waals surface area contributed by atoms with Crippen LogP contribution in [0.4, 0.5) is 11.4 Å². The topological polar surface area (TPSA) is 47.3 Å². The molecule has 1 fully saturated rings. The number of hydrogen-bond donors (Lipinski definition) is 2. The van der Waals surface area contributed by atoms with Crippen LogP contribution in [0.25, 0.3) is 0 Å². The average molecular weight is 276 g/mol. The maximum atomic E-state index is 5.96. The summed E-state index contributed by atoms with van der Waals surface area (Å²) in [6.07, 6.45) is 6.98. The van der Waals surface area contributed by atoms with Gasteiger partial charge in [-0.25, -0.2) is 0 Å². The molecule has 0 bridgehead atoms. The third-order valence-electron chi connectivity index (χ3n) is 4.13. The van der Waals surface area contributed by atoms with Crippen LogP contribution in [-0.4, -0.2) is 12.1 Å². The second-order valence-electron chi connectivity index (χ2n) is 6.25. The molecule has 1 aliphatic carbocycles. The van der Waals surface area contributed by atoms with Gasteiger partial charge in [0.25, 0.3) is 0 Å². The Balaban J connectivity index is 2.01. The Bertz CT molecular complexity index is 425. The molecule has 20 heavy (non-hydrogen) atoms. The first-order chi connectivity index (χ1) is 9.56. The fourth-order valence-electron chi connectivity index (χ4n) is 3.00. The van der Waals surface area contributed by atoms with Gasteiger partial charge in [0, 0.05) is 17.8 Å². The zero-order chi connectivity index (χ0) is 14.5. The molecule has 3 heteroatoms. The minimum absolute atomic E-state index is 0.142. The SMILES string of the molecule is CC(C)Oc1cc(NC(C)C2CCCCC2)ccc1N. The fraction of sp³-hybridized carbons (Fsp3) is 0.647. The first kappa shape index (κ1) is 15.0. The van der Waals surface area contributed by atoms with E-state index in [0.29, 0.717) is 11.7 Å². The lowest BCUT2D eigenvalue weighted by Gasteiger charge is -2.29. The van der Waals surface area contributed by atoms with E-state index in [0.717, 1.165) is 17.4 Å². The smallest absolute Gasteiger partial charge is 0.144 e. The van der Waals surface area contributed by atoms with Crippen molar-refractivity contribution in [1.29, 1.82) is 0 Å². The molecular weight excluding hydrogens is 248 g/mol. The van der Waals surface area contributed by atoms with Gasteiger partial charge in [-0.05, 0) is 51.7 Å². The Morgan fingerprint density at radius 3 is 2.50 bits per heavy atom. The minimum atomic E-state index is 0.142. The van der Waals surface area contributed by atoms with Crippen LogP contribution in [0, 0.1) is 5.92 Å². The Morgan fingerprint density at radius 2 is 1.85 bits per heavy atom. The maximum absolute atomic E-state index is 5.96. The van der Waals surface area contributed by atoms with Crippen molar-refractivity contribution in [3.63, 3.8) is 0 Å². The molecule has 1 unspecified atom stereocenters. The normalized spacial score (nSPS) is 18.0. The van der Waals surface area contributed by atoms with Gasteiger partial charge in [0.15, 0.2) is 0 Å². The highest BCUT2D eigenvalue weighted by molar-refractivity contribution is 5.61. The number of benzene rings is 1. The van der Waals surface area contributed by atoms with Gasteiger partial charge in [0.2, 0.25) is 0 Å². The highest BCUT2D eigenvalue weighted by atomic mass is 16.5. The molecule has 1 aromatic rings. The molecule has 1 atom stereocenters.